The van der Waals surface area contributed by atoms with Crippen molar-refractivity contribution in [2.45, 2.75) is 6.54 Å². The average Bonchev–Trinajstić information content (AvgIpc) is 3.30. The molecule has 0 saturated carbocycles. The van der Waals surface area contributed by atoms with E-state index in [0.29, 0.717) is 16.7 Å². The lowest BCUT2D eigenvalue weighted by atomic mass is 10.2. The molecule has 0 spiro atoms. The lowest BCUT2D eigenvalue weighted by Gasteiger charge is -2.03. The number of rotatable bonds is 4. The fraction of sp³-hybridized carbons (Fsp3) is 0.0588. The highest BCUT2D eigenvalue weighted by Gasteiger charge is 2.14. The summed E-state index contributed by atoms with van der Waals surface area (Å²) < 4.78 is 6.80. The maximum Gasteiger partial charge on any atom is 0.349 e. The molecule has 0 aliphatic rings. The molecule has 1 amide bonds. The number of nitrogens with one attached hydrogen (secondary N) is 1. The number of nitrogens with zero attached hydrogens (tertiary/aromatic N) is 3. The molecule has 0 unspecified atom stereocenters. The van der Waals surface area contributed by atoms with E-state index >= 15 is 0 Å². The number of hydrogen-bond acceptors (Lipinski definition) is 6. The largest absolute Gasteiger partial charge is 0.422 e. The molecule has 0 fully saturated rings. The molecule has 0 aliphatic heterocycles. The number of aromatic nitrogens is 3. The van der Waals surface area contributed by atoms with Gasteiger partial charge in [0.05, 0.1) is 18.4 Å². The van der Waals surface area contributed by atoms with Crippen molar-refractivity contribution >= 4 is 28.2 Å². The maximum atomic E-state index is 12.3. The van der Waals surface area contributed by atoms with Crippen LogP contribution in [0, 0.1) is 0 Å². The van der Waals surface area contributed by atoms with Gasteiger partial charge in [-0.05, 0) is 23.6 Å². The van der Waals surface area contributed by atoms with E-state index in [1.807, 2.05) is 22.9 Å². The highest BCUT2D eigenvalue weighted by Crippen LogP contribution is 2.13. The third kappa shape index (κ3) is 3.07. The van der Waals surface area contributed by atoms with Gasteiger partial charge >= 0.3 is 5.63 Å². The summed E-state index contributed by atoms with van der Waals surface area (Å²) in [5, 5.41) is 15.3. The second-order valence-corrected chi connectivity index (χ2v) is 6.08. The van der Waals surface area contributed by atoms with Gasteiger partial charge in [0.15, 0.2) is 0 Å². The van der Waals surface area contributed by atoms with E-state index in [2.05, 4.69) is 15.6 Å². The molecule has 3 aromatic heterocycles. The highest BCUT2D eigenvalue weighted by atomic mass is 32.1. The summed E-state index contributed by atoms with van der Waals surface area (Å²) in [7, 11) is 0. The summed E-state index contributed by atoms with van der Waals surface area (Å²) in [5.74, 6) is -0.510. The topological polar surface area (TPSA) is 90.0 Å². The zero-order valence-corrected chi connectivity index (χ0v) is 13.7. The Bertz CT molecular complexity index is 1100. The molecule has 0 aliphatic carbocycles. The molecule has 124 valence electrons. The zero-order valence-electron chi connectivity index (χ0n) is 12.9. The van der Waals surface area contributed by atoms with Gasteiger partial charge in [0.25, 0.3) is 5.91 Å². The maximum absolute atomic E-state index is 12.3. The summed E-state index contributed by atoms with van der Waals surface area (Å²) in [6.07, 6.45) is 1.73. The van der Waals surface area contributed by atoms with Crippen molar-refractivity contribution in [2.75, 3.05) is 0 Å². The van der Waals surface area contributed by atoms with Crippen LogP contribution in [-0.2, 0) is 6.54 Å². The highest BCUT2D eigenvalue weighted by molar-refractivity contribution is 7.08. The molecule has 25 heavy (non-hydrogen) atoms. The van der Waals surface area contributed by atoms with Crippen molar-refractivity contribution in [1.82, 2.24) is 20.3 Å². The Morgan fingerprint density at radius 2 is 2.16 bits per heavy atom. The number of benzene rings is 1. The first-order valence-corrected chi connectivity index (χ1v) is 8.40. The molecule has 3 heterocycles. The second-order valence-electron chi connectivity index (χ2n) is 5.30. The van der Waals surface area contributed by atoms with Crippen molar-refractivity contribution < 1.29 is 9.21 Å². The molecule has 0 radical (unpaired) electrons. The van der Waals surface area contributed by atoms with Crippen molar-refractivity contribution in [3.05, 3.63) is 75.0 Å². The first kappa shape index (κ1) is 15.3. The molecular formula is C17H12N4O3S. The minimum absolute atomic E-state index is 0.0380. The number of carbonyl (C=O) groups is 1. The van der Waals surface area contributed by atoms with Crippen LogP contribution in [0.5, 0.6) is 0 Å². The third-order valence-corrected chi connectivity index (χ3v) is 4.30. The van der Waals surface area contributed by atoms with Crippen LogP contribution in [0.4, 0.5) is 0 Å². The Labute approximate surface area is 145 Å². The molecule has 0 bridgehead atoms. The van der Waals surface area contributed by atoms with Gasteiger partial charge in [-0.25, -0.2) is 9.48 Å². The van der Waals surface area contributed by atoms with Gasteiger partial charge in [-0.1, -0.05) is 23.4 Å². The van der Waals surface area contributed by atoms with Gasteiger partial charge in [0.2, 0.25) is 0 Å². The monoisotopic (exact) mass is 352 g/mol. The van der Waals surface area contributed by atoms with E-state index in [9.17, 15) is 9.59 Å². The number of hydrogen-bond donors (Lipinski definition) is 1. The minimum Gasteiger partial charge on any atom is -0.422 e. The number of thiophene rings is 1. The number of para-hydroxylation sites is 1. The fourth-order valence-corrected chi connectivity index (χ4v) is 3.00. The molecule has 7 nitrogen and oxygen atoms in total. The predicted octanol–water partition coefficient (Wildman–Crippen LogP) is 2.37. The van der Waals surface area contributed by atoms with Crippen molar-refractivity contribution in [1.29, 1.82) is 0 Å². The summed E-state index contributed by atoms with van der Waals surface area (Å²) in [6.45, 7) is 0.162. The van der Waals surface area contributed by atoms with Crippen LogP contribution in [0.25, 0.3) is 16.7 Å². The first-order valence-electron chi connectivity index (χ1n) is 7.45. The van der Waals surface area contributed by atoms with Crippen LogP contribution in [-0.4, -0.2) is 20.9 Å². The lowest BCUT2D eigenvalue weighted by Crippen LogP contribution is -2.28. The Kier molecular flexibility index (Phi) is 3.87. The van der Waals surface area contributed by atoms with E-state index in [0.717, 1.165) is 5.69 Å². The van der Waals surface area contributed by atoms with Crippen LogP contribution < -0.4 is 10.9 Å². The van der Waals surface area contributed by atoms with Gasteiger partial charge in [0.1, 0.15) is 16.8 Å². The Hall–Kier alpha value is -3.26. The van der Waals surface area contributed by atoms with E-state index in [1.54, 1.807) is 40.4 Å². The molecule has 0 saturated heterocycles. The fourth-order valence-electron chi connectivity index (χ4n) is 2.38. The first-order chi connectivity index (χ1) is 12.2. The molecule has 1 N–H and O–H groups in total. The number of carbonyl (C=O) groups excluding carboxylic acids is 1. The summed E-state index contributed by atoms with van der Waals surface area (Å²) in [5.41, 5.74) is 1.24. The Morgan fingerprint density at radius 1 is 1.28 bits per heavy atom. The number of amides is 1. The standard InChI is InChI=1S/C17H12N4O3S/c22-16(14-7-11-3-1-2-4-15(11)24-17(14)23)18-8-12-9-21(20-19-12)13-5-6-25-10-13/h1-7,9-10H,8H2,(H,18,22). The minimum atomic E-state index is -0.668. The van der Waals surface area contributed by atoms with E-state index < -0.39 is 11.5 Å². The Balaban J connectivity index is 1.51. The van der Waals surface area contributed by atoms with Gasteiger partial charge in [-0.3, -0.25) is 4.79 Å². The van der Waals surface area contributed by atoms with Crippen LogP contribution >= 0.6 is 11.3 Å². The quantitative estimate of drug-likeness (QED) is 0.570. The Morgan fingerprint density at radius 3 is 3.00 bits per heavy atom. The van der Waals surface area contributed by atoms with Crippen LogP contribution in [0.2, 0.25) is 0 Å². The smallest absolute Gasteiger partial charge is 0.349 e. The normalized spacial score (nSPS) is 10.9. The van der Waals surface area contributed by atoms with E-state index in [4.69, 9.17) is 4.42 Å². The van der Waals surface area contributed by atoms with Gasteiger partial charge in [-0.2, -0.15) is 11.3 Å². The van der Waals surface area contributed by atoms with E-state index in [-0.39, 0.29) is 12.1 Å². The van der Waals surface area contributed by atoms with Gasteiger partial charge < -0.3 is 9.73 Å². The van der Waals surface area contributed by atoms with E-state index in [1.165, 1.54) is 6.07 Å². The lowest BCUT2D eigenvalue weighted by molar-refractivity contribution is 0.0947. The SMILES string of the molecule is O=C(NCc1cn(-c2ccsc2)nn1)c1cc2ccccc2oc1=O. The predicted molar refractivity (Wildman–Crippen MR) is 92.9 cm³/mol. The molecule has 4 rings (SSSR count). The molecule has 1 aromatic carbocycles. The molecule has 8 heteroatoms. The summed E-state index contributed by atoms with van der Waals surface area (Å²) >= 11 is 1.56. The number of fused-ring (bicyclic) bond motifs is 1. The molecule has 4 aromatic rings. The van der Waals surface area contributed by atoms with Crippen molar-refractivity contribution in [3.63, 3.8) is 0 Å². The van der Waals surface area contributed by atoms with Crippen LogP contribution in [0.15, 0.2) is 62.6 Å². The van der Waals surface area contributed by atoms with Gasteiger partial charge in [0, 0.05) is 10.8 Å². The second kappa shape index (κ2) is 6.33. The van der Waals surface area contributed by atoms with Crippen molar-refractivity contribution in [3.8, 4) is 5.69 Å². The summed E-state index contributed by atoms with van der Waals surface area (Å²) in [6, 6.07) is 10.5. The third-order valence-electron chi connectivity index (χ3n) is 3.63. The van der Waals surface area contributed by atoms with Gasteiger partial charge in [-0.15, -0.1) is 5.10 Å². The van der Waals surface area contributed by atoms with Crippen LogP contribution in [0.3, 0.4) is 0 Å². The molecule has 0 atom stereocenters. The average molecular weight is 352 g/mol. The zero-order chi connectivity index (χ0) is 17.2. The molecular weight excluding hydrogens is 340 g/mol. The van der Waals surface area contributed by atoms with Crippen molar-refractivity contribution in [2.24, 2.45) is 0 Å². The van der Waals surface area contributed by atoms with Crippen LogP contribution in [0.1, 0.15) is 16.1 Å². The summed E-state index contributed by atoms with van der Waals surface area (Å²) in [4.78, 5) is 24.3.